The quantitative estimate of drug-likeness (QED) is 0.524. The van der Waals surface area contributed by atoms with Gasteiger partial charge in [0.1, 0.15) is 0 Å². The summed E-state index contributed by atoms with van der Waals surface area (Å²) < 4.78 is 0.0179. The Morgan fingerprint density at radius 3 is 3.00 bits per heavy atom. The minimum atomic E-state index is -0.858. The Bertz CT molecular complexity index is 569. The number of aromatic nitrogens is 3. The first-order chi connectivity index (χ1) is 6.20. The maximum atomic E-state index is 11.2. The summed E-state index contributed by atoms with van der Waals surface area (Å²) in [4.78, 5) is 28.1. The fraction of sp³-hybridized carbons (Fsp3) is 0. The molecule has 2 aromatic rings. The SMILES string of the molecule is O=c1[nH]c2ccncc2c(=O)n1O. The summed E-state index contributed by atoms with van der Waals surface area (Å²) in [6, 6.07) is 1.48. The molecular weight excluding hydrogens is 174 g/mol. The Hall–Kier alpha value is -2.11. The van der Waals surface area contributed by atoms with E-state index in [4.69, 9.17) is 5.21 Å². The molecule has 13 heavy (non-hydrogen) atoms. The van der Waals surface area contributed by atoms with Crippen molar-refractivity contribution in [2.45, 2.75) is 0 Å². The molecule has 0 spiro atoms. The zero-order valence-corrected chi connectivity index (χ0v) is 6.39. The highest BCUT2D eigenvalue weighted by Crippen LogP contribution is 1.99. The topological polar surface area (TPSA) is 88.0 Å². The summed E-state index contributed by atoms with van der Waals surface area (Å²) in [5.74, 6) is 0. The molecule has 0 amide bonds. The van der Waals surface area contributed by atoms with Gasteiger partial charge in [-0.3, -0.25) is 9.78 Å². The average Bonchev–Trinajstić information content (AvgIpc) is 2.15. The zero-order chi connectivity index (χ0) is 9.42. The Labute approximate surface area is 71.1 Å². The second-order valence-corrected chi connectivity index (χ2v) is 2.47. The van der Waals surface area contributed by atoms with E-state index in [9.17, 15) is 9.59 Å². The van der Waals surface area contributed by atoms with Crippen LogP contribution in [0.3, 0.4) is 0 Å². The molecule has 0 saturated heterocycles. The zero-order valence-electron chi connectivity index (χ0n) is 6.39. The molecule has 6 nitrogen and oxygen atoms in total. The lowest BCUT2D eigenvalue weighted by Crippen LogP contribution is -2.33. The Balaban J connectivity index is 3.12. The molecule has 0 unspecified atom stereocenters. The van der Waals surface area contributed by atoms with Gasteiger partial charge in [0.15, 0.2) is 0 Å². The van der Waals surface area contributed by atoms with Crippen LogP contribution < -0.4 is 11.2 Å². The molecule has 66 valence electrons. The van der Waals surface area contributed by atoms with E-state index in [1.165, 1.54) is 18.5 Å². The van der Waals surface area contributed by atoms with Gasteiger partial charge in [-0.1, -0.05) is 4.73 Å². The van der Waals surface area contributed by atoms with Gasteiger partial charge >= 0.3 is 5.69 Å². The molecule has 0 aromatic carbocycles. The number of H-pyrrole nitrogens is 1. The molecule has 0 aliphatic carbocycles. The van der Waals surface area contributed by atoms with E-state index in [1.807, 2.05) is 0 Å². The second-order valence-electron chi connectivity index (χ2n) is 2.47. The highest BCUT2D eigenvalue weighted by Gasteiger charge is 2.04. The number of hydrogen-bond acceptors (Lipinski definition) is 4. The number of rotatable bonds is 0. The van der Waals surface area contributed by atoms with Crippen molar-refractivity contribution in [2.24, 2.45) is 0 Å². The Kier molecular flexibility index (Phi) is 1.42. The van der Waals surface area contributed by atoms with Crippen LogP contribution in [0.5, 0.6) is 0 Å². The average molecular weight is 179 g/mol. The molecule has 2 N–H and O–H groups in total. The third-order valence-electron chi connectivity index (χ3n) is 1.68. The van der Waals surface area contributed by atoms with Crippen LogP contribution in [0.25, 0.3) is 10.9 Å². The normalized spacial score (nSPS) is 10.5. The molecule has 2 heterocycles. The first-order valence-electron chi connectivity index (χ1n) is 3.48. The lowest BCUT2D eigenvalue weighted by atomic mass is 10.3. The van der Waals surface area contributed by atoms with Gasteiger partial charge in [0.05, 0.1) is 10.9 Å². The van der Waals surface area contributed by atoms with Crippen molar-refractivity contribution >= 4 is 10.9 Å². The van der Waals surface area contributed by atoms with Gasteiger partial charge in [-0.2, -0.15) is 0 Å². The van der Waals surface area contributed by atoms with Gasteiger partial charge in [-0.15, -0.1) is 0 Å². The fourth-order valence-electron chi connectivity index (χ4n) is 1.05. The van der Waals surface area contributed by atoms with Gasteiger partial charge in [0, 0.05) is 12.4 Å². The van der Waals surface area contributed by atoms with Gasteiger partial charge < -0.3 is 10.2 Å². The molecule has 0 fully saturated rings. The molecule has 0 atom stereocenters. The number of nitrogens with zero attached hydrogens (tertiary/aromatic N) is 2. The number of hydrogen-bond donors (Lipinski definition) is 2. The van der Waals surface area contributed by atoms with Crippen LogP contribution in [0.15, 0.2) is 28.0 Å². The molecule has 2 rings (SSSR count). The van der Waals surface area contributed by atoms with Crippen LogP contribution in [0.2, 0.25) is 0 Å². The maximum Gasteiger partial charge on any atom is 0.362 e. The molecule has 0 radical (unpaired) electrons. The number of fused-ring (bicyclic) bond motifs is 1. The molecular formula is C7H5N3O3. The molecule has 0 aliphatic rings. The number of nitrogens with one attached hydrogen (secondary N) is 1. The third kappa shape index (κ3) is 0.994. The number of aromatic amines is 1. The minimum absolute atomic E-state index is 0.0179. The summed E-state index contributed by atoms with van der Waals surface area (Å²) in [7, 11) is 0. The summed E-state index contributed by atoms with van der Waals surface area (Å²) in [6.45, 7) is 0. The molecule has 2 aromatic heterocycles. The highest BCUT2D eigenvalue weighted by atomic mass is 16.5. The van der Waals surface area contributed by atoms with E-state index in [-0.39, 0.29) is 10.1 Å². The third-order valence-corrected chi connectivity index (χ3v) is 1.68. The van der Waals surface area contributed by atoms with Crippen molar-refractivity contribution in [2.75, 3.05) is 0 Å². The molecule has 6 heteroatoms. The van der Waals surface area contributed by atoms with Crippen LogP contribution in [-0.2, 0) is 0 Å². The number of pyridine rings is 1. The van der Waals surface area contributed by atoms with E-state index in [2.05, 4.69) is 9.97 Å². The monoisotopic (exact) mass is 179 g/mol. The van der Waals surface area contributed by atoms with E-state index < -0.39 is 11.2 Å². The molecule has 0 saturated carbocycles. The summed E-state index contributed by atoms with van der Waals surface area (Å²) in [5, 5.41) is 9.11. The van der Waals surface area contributed by atoms with Gasteiger partial charge in [-0.05, 0) is 6.07 Å². The Morgan fingerprint density at radius 2 is 2.23 bits per heavy atom. The van der Waals surface area contributed by atoms with Crippen LogP contribution in [0.1, 0.15) is 0 Å². The fourth-order valence-corrected chi connectivity index (χ4v) is 1.05. The van der Waals surface area contributed by atoms with Crippen LogP contribution in [0, 0.1) is 0 Å². The molecule has 0 aliphatic heterocycles. The first-order valence-corrected chi connectivity index (χ1v) is 3.48. The first kappa shape index (κ1) is 7.53. The minimum Gasteiger partial charge on any atom is -0.421 e. The van der Waals surface area contributed by atoms with E-state index in [1.54, 1.807) is 0 Å². The van der Waals surface area contributed by atoms with Crippen molar-refractivity contribution in [3.05, 3.63) is 39.3 Å². The predicted molar refractivity (Wildman–Crippen MR) is 43.8 cm³/mol. The van der Waals surface area contributed by atoms with Crippen LogP contribution in [-0.4, -0.2) is 19.9 Å². The van der Waals surface area contributed by atoms with Crippen molar-refractivity contribution in [3.63, 3.8) is 0 Å². The second kappa shape index (κ2) is 2.44. The summed E-state index contributed by atoms with van der Waals surface area (Å²) in [5.41, 5.74) is -1.27. The van der Waals surface area contributed by atoms with E-state index >= 15 is 0 Å². The maximum absolute atomic E-state index is 11.2. The van der Waals surface area contributed by atoms with Gasteiger partial charge in [0.2, 0.25) is 0 Å². The largest absolute Gasteiger partial charge is 0.421 e. The van der Waals surface area contributed by atoms with E-state index in [0.717, 1.165) is 0 Å². The van der Waals surface area contributed by atoms with Gasteiger partial charge in [0.25, 0.3) is 5.56 Å². The van der Waals surface area contributed by atoms with Gasteiger partial charge in [-0.25, -0.2) is 4.79 Å². The molecule has 0 bridgehead atoms. The lowest BCUT2D eigenvalue weighted by Gasteiger charge is -1.97. The van der Waals surface area contributed by atoms with Crippen molar-refractivity contribution in [1.82, 2.24) is 14.7 Å². The van der Waals surface area contributed by atoms with Crippen molar-refractivity contribution < 1.29 is 5.21 Å². The smallest absolute Gasteiger partial charge is 0.362 e. The van der Waals surface area contributed by atoms with Crippen molar-refractivity contribution in [1.29, 1.82) is 0 Å². The highest BCUT2D eigenvalue weighted by molar-refractivity contribution is 5.75. The van der Waals surface area contributed by atoms with Crippen molar-refractivity contribution in [3.8, 4) is 0 Å². The van der Waals surface area contributed by atoms with E-state index in [0.29, 0.717) is 5.52 Å². The summed E-state index contributed by atoms with van der Waals surface area (Å²) >= 11 is 0. The van der Waals surface area contributed by atoms with Crippen LogP contribution in [0.4, 0.5) is 0 Å². The standard InChI is InChI=1S/C7H5N3O3/c11-6-4-3-8-2-1-5(4)9-7(12)10(6)13/h1-3,13H,(H,9,12). The van der Waals surface area contributed by atoms with Crippen LogP contribution >= 0.6 is 0 Å². The lowest BCUT2D eigenvalue weighted by molar-refractivity contribution is 0.162. The summed E-state index contributed by atoms with van der Waals surface area (Å²) in [6.07, 6.45) is 2.72. The predicted octanol–water partition coefficient (Wildman–Crippen LogP) is -0.678. The Morgan fingerprint density at radius 1 is 1.46 bits per heavy atom.